The fourth-order valence-corrected chi connectivity index (χ4v) is 2.95. The Morgan fingerprint density at radius 2 is 0.744 bits per heavy atom. The zero-order valence-electron chi connectivity index (χ0n) is 21.2. The maximum absolute atomic E-state index is 10.6. The van der Waals surface area contributed by atoms with E-state index >= 15 is 0 Å². The second kappa shape index (κ2) is 16.2. The first kappa shape index (κ1) is 32.4. The van der Waals surface area contributed by atoms with Gasteiger partial charge in [0.1, 0.15) is 23.3 Å². The van der Waals surface area contributed by atoms with Crippen molar-refractivity contribution in [1.82, 2.24) is 0 Å². The van der Waals surface area contributed by atoms with Gasteiger partial charge >= 0.3 is 5.97 Å². The van der Waals surface area contributed by atoms with Crippen molar-refractivity contribution in [2.75, 3.05) is 0 Å². The number of carbonyl (C=O) groups excluding carboxylic acids is 2. The van der Waals surface area contributed by atoms with Crippen LogP contribution >= 0.6 is 0 Å². The van der Waals surface area contributed by atoms with Crippen molar-refractivity contribution < 1.29 is 34.8 Å². The Bertz CT molecular complexity index is 1040. The molecule has 0 aliphatic rings. The van der Waals surface area contributed by atoms with Gasteiger partial charge in [0.25, 0.3) is 0 Å². The van der Waals surface area contributed by atoms with Crippen LogP contribution in [-0.2, 0) is 33.6 Å². The van der Waals surface area contributed by atoms with Crippen molar-refractivity contribution in [2.24, 2.45) is 28.7 Å². The highest BCUT2D eigenvalue weighted by Gasteiger charge is 2.12. The summed E-state index contributed by atoms with van der Waals surface area (Å²) in [5.74, 6) is -1.52. The van der Waals surface area contributed by atoms with Gasteiger partial charge in [0.2, 0.25) is 11.8 Å². The first-order valence-corrected chi connectivity index (χ1v) is 11.7. The number of aromatic hydroxyl groups is 3. The Labute approximate surface area is 225 Å². The van der Waals surface area contributed by atoms with Gasteiger partial charge in [0, 0.05) is 0 Å². The molecule has 0 aromatic heterocycles. The van der Waals surface area contributed by atoms with Crippen molar-refractivity contribution in [1.29, 1.82) is 0 Å². The Balaban J connectivity index is 0.000000292. The summed E-state index contributed by atoms with van der Waals surface area (Å²) in [6.45, 7) is 0. The number of primary amides is 2. The highest BCUT2D eigenvalue weighted by molar-refractivity contribution is 5.80. The fraction of sp³-hybridized carbons (Fsp3) is 0.222. The molecule has 0 bridgehead atoms. The summed E-state index contributed by atoms with van der Waals surface area (Å²) in [5.41, 5.74) is 28.8. The van der Waals surface area contributed by atoms with Crippen LogP contribution in [0.25, 0.3) is 0 Å². The van der Waals surface area contributed by atoms with Crippen LogP contribution in [0.4, 0.5) is 0 Å². The van der Waals surface area contributed by atoms with Crippen molar-refractivity contribution in [2.45, 2.75) is 37.4 Å². The van der Waals surface area contributed by atoms with Crippen LogP contribution in [0.1, 0.15) is 16.7 Å². The quantitative estimate of drug-likeness (QED) is 0.173. The average molecular weight is 542 g/mol. The molecule has 2 amide bonds. The van der Waals surface area contributed by atoms with E-state index < -0.39 is 35.9 Å². The molecule has 39 heavy (non-hydrogen) atoms. The van der Waals surface area contributed by atoms with E-state index in [0.717, 1.165) is 16.7 Å². The van der Waals surface area contributed by atoms with Crippen molar-refractivity contribution >= 4 is 17.8 Å². The number of amides is 2. The number of phenolic OH excluding ortho intramolecular Hbond substituents is 3. The molecule has 3 unspecified atom stereocenters. The zero-order valence-corrected chi connectivity index (χ0v) is 21.2. The van der Waals surface area contributed by atoms with E-state index in [0.29, 0.717) is 12.8 Å². The molecular weight excluding hydrogens is 506 g/mol. The summed E-state index contributed by atoms with van der Waals surface area (Å²) < 4.78 is 0. The lowest BCUT2D eigenvalue weighted by molar-refractivity contribution is -0.138. The summed E-state index contributed by atoms with van der Waals surface area (Å²) in [6.07, 6.45) is 1.07. The van der Waals surface area contributed by atoms with E-state index in [4.69, 9.17) is 49.1 Å². The van der Waals surface area contributed by atoms with E-state index in [2.05, 4.69) is 0 Å². The molecule has 14 N–H and O–H groups in total. The molecule has 0 radical (unpaired) electrons. The third kappa shape index (κ3) is 13.5. The Kier molecular flexibility index (Phi) is 13.5. The smallest absolute Gasteiger partial charge is 0.320 e. The second-order valence-electron chi connectivity index (χ2n) is 8.57. The lowest BCUT2D eigenvalue weighted by Gasteiger charge is -2.06. The van der Waals surface area contributed by atoms with E-state index in [9.17, 15) is 14.4 Å². The molecule has 3 aromatic carbocycles. The summed E-state index contributed by atoms with van der Waals surface area (Å²) in [7, 11) is 0. The van der Waals surface area contributed by atoms with Gasteiger partial charge in [0.05, 0.1) is 12.1 Å². The van der Waals surface area contributed by atoms with Crippen molar-refractivity contribution in [3.05, 3.63) is 89.5 Å². The first-order valence-electron chi connectivity index (χ1n) is 11.7. The van der Waals surface area contributed by atoms with Gasteiger partial charge in [-0.05, 0) is 72.4 Å². The molecule has 3 rings (SSSR count). The molecule has 0 aliphatic heterocycles. The van der Waals surface area contributed by atoms with Gasteiger partial charge in [-0.3, -0.25) is 14.4 Å². The summed E-state index contributed by atoms with van der Waals surface area (Å²) in [5, 5.41) is 35.4. The van der Waals surface area contributed by atoms with Crippen LogP contribution in [0.2, 0.25) is 0 Å². The fourth-order valence-electron chi connectivity index (χ4n) is 2.95. The summed E-state index contributed by atoms with van der Waals surface area (Å²) >= 11 is 0. The molecule has 12 heteroatoms. The number of hydrogen-bond donors (Lipinski definition) is 9. The Morgan fingerprint density at radius 1 is 0.513 bits per heavy atom. The van der Waals surface area contributed by atoms with Crippen LogP contribution in [0, 0.1) is 0 Å². The standard InChI is InChI=1S/2C9H12N2O2.C9H11NO3/c2*10-8(9(11)13)5-6-1-3-7(12)4-2-6;10-8(9(12)13)5-6-1-3-7(11)4-2-6/h2*1-4,8,12H,5,10H2,(H2,11,13);1-4,8,11H,5,10H2,(H,12,13). The number of carboxylic acid groups (broad SMARTS) is 1. The van der Waals surface area contributed by atoms with E-state index in [1.165, 1.54) is 12.1 Å². The minimum Gasteiger partial charge on any atom is -0.508 e. The normalized spacial score (nSPS) is 12.4. The lowest BCUT2D eigenvalue weighted by atomic mass is 10.1. The van der Waals surface area contributed by atoms with Crippen LogP contribution < -0.4 is 28.7 Å². The number of nitrogens with two attached hydrogens (primary N) is 5. The molecule has 0 saturated carbocycles. The van der Waals surface area contributed by atoms with E-state index in [1.807, 2.05) is 0 Å². The summed E-state index contributed by atoms with van der Waals surface area (Å²) in [6, 6.07) is 17.1. The monoisotopic (exact) mass is 541 g/mol. The Morgan fingerprint density at radius 3 is 0.949 bits per heavy atom. The number of hydrogen-bond acceptors (Lipinski definition) is 9. The molecule has 0 saturated heterocycles. The van der Waals surface area contributed by atoms with Gasteiger partial charge in [-0.25, -0.2) is 0 Å². The molecule has 0 fully saturated rings. The lowest BCUT2D eigenvalue weighted by Crippen LogP contribution is -2.38. The molecule has 0 spiro atoms. The SMILES string of the molecule is NC(=O)C(N)Cc1ccc(O)cc1.NC(=O)C(N)Cc1ccc(O)cc1.NC(Cc1ccc(O)cc1)C(=O)O. The third-order valence-corrected chi connectivity index (χ3v) is 5.22. The molecule has 12 nitrogen and oxygen atoms in total. The number of aliphatic carboxylic acids is 1. The predicted octanol–water partition coefficient (Wildman–Crippen LogP) is -0.159. The van der Waals surface area contributed by atoms with Crippen LogP contribution in [0.15, 0.2) is 72.8 Å². The van der Waals surface area contributed by atoms with Crippen molar-refractivity contribution in [3.63, 3.8) is 0 Å². The van der Waals surface area contributed by atoms with Crippen LogP contribution in [0.3, 0.4) is 0 Å². The number of phenols is 3. The number of benzene rings is 3. The maximum Gasteiger partial charge on any atom is 0.320 e. The number of carboxylic acids is 1. The highest BCUT2D eigenvalue weighted by Crippen LogP contribution is 2.12. The molecule has 0 aliphatic carbocycles. The molecule has 3 aromatic rings. The maximum atomic E-state index is 10.6. The van der Waals surface area contributed by atoms with Crippen LogP contribution in [0.5, 0.6) is 17.2 Å². The topological polar surface area (TPSA) is 262 Å². The minimum absolute atomic E-state index is 0.160. The Hall–Kier alpha value is -4.65. The first-order chi connectivity index (χ1) is 18.3. The minimum atomic E-state index is -1.02. The average Bonchev–Trinajstić information content (AvgIpc) is 2.88. The van der Waals surface area contributed by atoms with Crippen molar-refractivity contribution in [3.8, 4) is 17.2 Å². The molecule has 3 atom stereocenters. The molecule has 210 valence electrons. The third-order valence-electron chi connectivity index (χ3n) is 5.22. The number of rotatable bonds is 9. The van der Waals surface area contributed by atoms with Crippen LogP contribution in [-0.4, -0.2) is 56.3 Å². The number of carbonyl (C=O) groups is 3. The predicted molar refractivity (Wildman–Crippen MR) is 145 cm³/mol. The van der Waals surface area contributed by atoms with E-state index in [-0.39, 0.29) is 23.7 Å². The van der Waals surface area contributed by atoms with Gasteiger partial charge in [-0.15, -0.1) is 0 Å². The van der Waals surface area contributed by atoms with E-state index in [1.54, 1.807) is 60.7 Å². The molecular formula is C27H35N5O7. The second-order valence-corrected chi connectivity index (χ2v) is 8.57. The van der Waals surface area contributed by atoms with Gasteiger partial charge in [-0.2, -0.15) is 0 Å². The van der Waals surface area contributed by atoms with Gasteiger partial charge in [-0.1, -0.05) is 36.4 Å². The zero-order chi connectivity index (χ0) is 29.5. The highest BCUT2D eigenvalue weighted by atomic mass is 16.4. The summed E-state index contributed by atoms with van der Waals surface area (Å²) in [4.78, 5) is 31.6. The van der Waals surface area contributed by atoms with Gasteiger partial charge < -0.3 is 49.1 Å². The molecule has 0 heterocycles. The van der Waals surface area contributed by atoms with Gasteiger partial charge in [0.15, 0.2) is 0 Å². The largest absolute Gasteiger partial charge is 0.508 e.